The number of aliphatic hydroxyl groups is 1. The number of nitrogens with one attached hydrogen (secondary N) is 1. The maximum absolute atomic E-state index is 13.6. The molecule has 0 amide bonds. The van der Waals surface area contributed by atoms with Gasteiger partial charge in [0.05, 0.1) is 5.52 Å². The highest BCUT2D eigenvalue weighted by Crippen LogP contribution is 2.24. The number of benzene rings is 1. The summed E-state index contributed by atoms with van der Waals surface area (Å²) in [6, 6.07) is 12.2. The normalized spacial score (nSPS) is 12.3. The summed E-state index contributed by atoms with van der Waals surface area (Å²) in [6.45, 7) is 2.54. The van der Waals surface area contributed by atoms with Gasteiger partial charge in [0.1, 0.15) is 5.82 Å². The zero-order valence-corrected chi connectivity index (χ0v) is 13.5. The van der Waals surface area contributed by atoms with Gasteiger partial charge in [-0.3, -0.25) is 9.97 Å². The van der Waals surface area contributed by atoms with Crippen LogP contribution in [0, 0.1) is 18.7 Å². The number of halogens is 1. The molecule has 3 rings (SSSR count). The molecule has 0 bridgehead atoms. The predicted octanol–water partition coefficient (Wildman–Crippen LogP) is 3.34. The summed E-state index contributed by atoms with van der Waals surface area (Å²) in [6.07, 6.45) is 2.43. The zero-order valence-electron chi connectivity index (χ0n) is 13.5. The molecular weight excluding hydrogens is 305 g/mol. The number of pyridine rings is 2. The first-order valence-corrected chi connectivity index (χ1v) is 7.97. The predicted molar refractivity (Wildman–Crippen MR) is 93.4 cm³/mol. The summed E-state index contributed by atoms with van der Waals surface area (Å²) in [5, 5.41) is 13.7. The molecule has 2 aromatic heterocycles. The Morgan fingerprint density at radius 3 is 2.83 bits per heavy atom. The summed E-state index contributed by atoms with van der Waals surface area (Å²) in [5.41, 5.74) is 3.39. The Morgan fingerprint density at radius 1 is 1.21 bits per heavy atom. The summed E-state index contributed by atoms with van der Waals surface area (Å²) >= 11 is 0. The second-order valence-corrected chi connectivity index (χ2v) is 5.93. The van der Waals surface area contributed by atoms with Gasteiger partial charge in [0, 0.05) is 47.7 Å². The van der Waals surface area contributed by atoms with Crippen molar-refractivity contribution in [3.8, 4) is 0 Å². The SMILES string of the molecule is Cc1cc(NCC(CO)Cc2ccccn2)c2cc(F)ccc2n1. The first kappa shape index (κ1) is 16.3. The van der Waals surface area contributed by atoms with Crippen LogP contribution in [0.2, 0.25) is 0 Å². The van der Waals surface area contributed by atoms with E-state index in [0.717, 1.165) is 28.0 Å². The van der Waals surface area contributed by atoms with Crippen LogP contribution in [0.3, 0.4) is 0 Å². The Morgan fingerprint density at radius 2 is 2.08 bits per heavy atom. The number of hydrogen-bond acceptors (Lipinski definition) is 4. The summed E-state index contributed by atoms with van der Waals surface area (Å²) < 4.78 is 13.6. The number of aryl methyl sites for hydroxylation is 1. The highest BCUT2D eigenvalue weighted by Gasteiger charge is 2.11. The smallest absolute Gasteiger partial charge is 0.124 e. The Labute approximate surface area is 140 Å². The van der Waals surface area contributed by atoms with E-state index in [1.54, 1.807) is 12.3 Å². The number of fused-ring (bicyclic) bond motifs is 1. The van der Waals surface area contributed by atoms with Crippen molar-refractivity contribution in [3.63, 3.8) is 0 Å². The van der Waals surface area contributed by atoms with Gasteiger partial charge in [-0.2, -0.15) is 0 Å². The standard InChI is InChI=1S/C19H20FN3O/c1-13-8-19(17-10-15(20)5-6-18(17)23-13)22-11-14(12-24)9-16-4-2-3-7-21-16/h2-8,10,14,24H,9,11-12H2,1H3,(H,22,23). The molecule has 0 radical (unpaired) electrons. The van der Waals surface area contributed by atoms with Gasteiger partial charge in [-0.15, -0.1) is 0 Å². The molecular formula is C19H20FN3O. The van der Waals surface area contributed by atoms with Gasteiger partial charge in [0.15, 0.2) is 0 Å². The van der Waals surface area contributed by atoms with Gasteiger partial charge in [-0.25, -0.2) is 4.39 Å². The van der Waals surface area contributed by atoms with Crippen molar-refractivity contribution in [1.82, 2.24) is 9.97 Å². The van der Waals surface area contributed by atoms with Crippen molar-refractivity contribution >= 4 is 16.6 Å². The fourth-order valence-corrected chi connectivity index (χ4v) is 2.75. The molecule has 2 N–H and O–H groups in total. The average Bonchev–Trinajstić information content (AvgIpc) is 2.59. The fourth-order valence-electron chi connectivity index (χ4n) is 2.75. The minimum absolute atomic E-state index is 0.0250. The van der Waals surface area contributed by atoms with Gasteiger partial charge >= 0.3 is 0 Å². The van der Waals surface area contributed by atoms with Crippen LogP contribution in [-0.2, 0) is 6.42 Å². The molecule has 3 aromatic rings. The van der Waals surface area contributed by atoms with Gasteiger partial charge in [0.2, 0.25) is 0 Å². The van der Waals surface area contributed by atoms with Crippen LogP contribution >= 0.6 is 0 Å². The molecule has 5 heteroatoms. The van der Waals surface area contributed by atoms with Crippen molar-refractivity contribution in [2.45, 2.75) is 13.3 Å². The highest BCUT2D eigenvalue weighted by molar-refractivity contribution is 5.91. The van der Waals surface area contributed by atoms with Crippen LogP contribution in [0.15, 0.2) is 48.7 Å². The molecule has 24 heavy (non-hydrogen) atoms. The van der Waals surface area contributed by atoms with E-state index in [1.807, 2.05) is 31.2 Å². The van der Waals surface area contributed by atoms with E-state index in [0.29, 0.717) is 13.0 Å². The molecule has 124 valence electrons. The Balaban J connectivity index is 1.77. The van der Waals surface area contributed by atoms with Crippen molar-refractivity contribution in [1.29, 1.82) is 0 Å². The number of anilines is 1. The maximum Gasteiger partial charge on any atom is 0.124 e. The van der Waals surface area contributed by atoms with Gasteiger partial charge in [-0.05, 0) is 49.7 Å². The molecule has 0 saturated carbocycles. The second kappa shape index (κ2) is 7.36. The number of aliphatic hydroxyl groups excluding tert-OH is 1. The number of aromatic nitrogens is 2. The quantitative estimate of drug-likeness (QED) is 0.730. The lowest BCUT2D eigenvalue weighted by Crippen LogP contribution is -2.21. The maximum atomic E-state index is 13.6. The largest absolute Gasteiger partial charge is 0.396 e. The number of hydrogen-bond donors (Lipinski definition) is 2. The third kappa shape index (κ3) is 3.86. The van der Waals surface area contributed by atoms with Crippen molar-refractivity contribution < 1.29 is 9.50 Å². The summed E-state index contributed by atoms with van der Waals surface area (Å²) in [4.78, 5) is 8.73. The molecule has 0 saturated heterocycles. The zero-order chi connectivity index (χ0) is 16.9. The van der Waals surface area contributed by atoms with Crippen LogP contribution < -0.4 is 5.32 Å². The second-order valence-electron chi connectivity index (χ2n) is 5.93. The van der Waals surface area contributed by atoms with Crippen molar-refractivity contribution in [2.24, 2.45) is 5.92 Å². The molecule has 1 unspecified atom stereocenters. The molecule has 1 atom stereocenters. The summed E-state index contributed by atoms with van der Waals surface area (Å²) in [7, 11) is 0. The molecule has 0 aliphatic carbocycles. The van der Waals surface area contributed by atoms with Crippen LogP contribution in [0.1, 0.15) is 11.4 Å². The summed E-state index contributed by atoms with van der Waals surface area (Å²) in [5.74, 6) is -0.264. The molecule has 0 spiro atoms. The van der Waals surface area contributed by atoms with Crippen LogP contribution in [0.4, 0.5) is 10.1 Å². The lowest BCUT2D eigenvalue weighted by atomic mass is 10.0. The Kier molecular flexibility index (Phi) is 5.01. The molecule has 2 heterocycles. The molecule has 4 nitrogen and oxygen atoms in total. The van der Waals surface area contributed by atoms with Crippen LogP contribution in [0.25, 0.3) is 10.9 Å². The number of nitrogens with zero attached hydrogens (tertiary/aromatic N) is 2. The Bertz CT molecular complexity index is 823. The van der Waals surface area contributed by atoms with E-state index < -0.39 is 0 Å². The Hall–Kier alpha value is -2.53. The van der Waals surface area contributed by atoms with E-state index in [-0.39, 0.29) is 18.3 Å². The van der Waals surface area contributed by atoms with E-state index in [1.165, 1.54) is 12.1 Å². The monoisotopic (exact) mass is 325 g/mol. The topological polar surface area (TPSA) is 58.0 Å². The molecule has 0 aliphatic rings. The molecule has 1 aromatic carbocycles. The fraction of sp³-hybridized carbons (Fsp3) is 0.263. The lowest BCUT2D eigenvalue weighted by molar-refractivity contribution is 0.232. The van der Waals surface area contributed by atoms with E-state index in [4.69, 9.17) is 0 Å². The van der Waals surface area contributed by atoms with Crippen molar-refractivity contribution in [3.05, 3.63) is 65.9 Å². The van der Waals surface area contributed by atoms with Crippen molar-refractivity contribution in [2.75, 3.05) is 18.5 Å². The highest BCUT2D eigenvalue weighted by atomic mass is 19.1. The van der Waals surface area contributed by atoms with Gasteiger partial charge in [-0.1, -0.05) is 6.07 Å². The number of rotatable bonds is 6. The minimum atomic E-state index is -0.289. The first-order valence-electron chi connectivity index (χ1n) is 7.97. The van der Waals surface area contributed by atoms with Crippen LogP contribution in [0.5, 0.6) is 0 Å². The first-order chi connectivity index (χ1) is 11.7. The lowest BCUT2D eigenvalue weighted by Gasteiger charge is -2.17. The minimum Gasteiger partial charge on any atom is -0.396 e. The van der Waals surface area contributed by atoms with Gasteiger partial charge in [0.25, 0.3) is 0 Å². The van der Waals surface area contributed by atoms with E-state index >= 15 is 0 Å². The van der Waals surface area contributed by atoms with Gasteiger partial charge < -0.3 is 10.4 Å². The van der Waals surface area contributed by atoms with E-state index in [9.17, 15) is 9.50 Å². The average molecular weight is 325 g/mol. The van der Waals surface area contributed by atoms with E-state index in [2.05, 4.69) is 15.3 Å². The van der Waals surface area contributed by atoms with Crippen LogP contribution in [-0.4, -0.2) is 28.2 Å². The molecule has 0 fully saturated rings. The molecule has 0 aliphatic heterocycles. The third-order valence-corrected chi connectivity index (χ3v) is 3.96. The third-order valence-electron chi connectivity index (χ3n) is 3.96.